The van der Waals surface area contributed by atoms with Gasteiger partial charge in [-0.1, -0.05) is 35.9 Å². The summed E-state index contributed by atoms with van der Waals surface area (Å²) in [4.78, 5) is 26.5. The van der Waals surface area contributed by atoms with Crippen LogP contribution in [-0.4, -0.2) is 17.0 Å². The van der Waals surface area contributed by atoms with E-state index in [2.05, 4.69) is 6.07 Å². The number of carboxylic acids is 1. The van der Waals surface area contributed by atoms with Crippen molar-refractivity contribution in [3.63, 3.8) is 0 Å². The van der Waals surface area contributed by atoms with E-state index in [0.717, 1.165) is 35.2 Å². The SMILES string of the molecule is Cc1cccc2c1/C(=C\c1c(Cl)cccc1C1CC1)C(=O)N2c1ccc(C(=O)O)cc1. The van der Waals surface area contributed by atoms with Crippen molar-refractivity contribution >= 4 is 46.5 Å². The first-order valence-electron chi connectivity index (χ1n) is 10.2. The number of fused-ring (bicyclic) bond motifs is 1. The summed E-state index contributed by atoms with van der Waals surface area (Å²) in [7, 11) is 0. The van der Waals surface area contributed by atoms with Gasteiger partial charge >= 0.3 is 5.97 Å². The van der Waals surface area contributed by atoms with Crippen LogP contribution in [-0.2, 0) is 4.79 Å². The van der Waals surface area contributed by atoms with Gasteiger partial charge < -0.3 is 5.11 Å². The molecule has 5 heteroatoms. The highest BCUT2D eigenvalue weighted by Crippen LogP contribution is 2.47. The summed E-state index contributed by atoms with van der Waals surface area (Å²) in [6, 6.07) is 18.1. The second kappa shape index (κ2) is 7.40. The molecule has 0 radical (unpaired) electrons. The van der Waals surface area contributed by atoms with Crippen LogP contribution in [0.5, 0.6) is 0 Å². The Balaban J connectivity index is 1.67. The van der Waals surface area contributed by atoms with Crippen LogP contribution in [0.3, 0.4) is 0 Å². The van der Waals surface area contributed by atoms with Gasteiger partial charge in [0.25, 0.3) is 5.91 Å². The molecule has 1 aliphatic carbocycles. The minimum absolute atomic E-state index is 0.144. The quantitative estimate of drug-likeness (QED) is 0.485. The van der Waals surface area contributed by atoms with E-state index >= 15 is 0 Å². The average molecular weight is 430 g/mol. The standard InChI is InChI=1S/C26H20ClNO3/c1-15-4-2-7-23-24(15)21(14-20-19(16-8-9-16)5-3-6-22(20)27)25(29)28(23)18-12-10-17(11-13-18)26(30)31/h2-7,10-14,16H,8-9H2,1H3,(H,30,31)/b21-14+. The Labute approximate surface area is 185 Å². The second-order valence-corrected chi connectivity index (χ2v) is 8.44. The van der Waals surface area contributed by atoms with E-state index in [1.54, 1.807) is 17.0 Å². The van der Waals surface area contributed by atoms with Gasteiger partial charge in [0.2, 0.25) is 0 Å². The van der Waals surface area contributed by atoms with E-state index in [9.17, 15) is 14.7 Å². The van der Waals surface area contributed by atoms with E-state index in [1.807, 2.05) is 43.3 Å². The maximum absolute atomic E-state index is 13.6. The molecule has 1 aliphatic heterocycles. The Bertz CT molecular complexity index is 1260. The number of anilines is 2. The monoisotopic (exact) mass is 429 g/mol. The predicted molar refractivity (Wildman–Crippen MR) is 123 cm³/mol. The Morgan fingerprint density at radius 3 is 2.45 bits per heavy atom. The molecule has 2 aliphatic rings. The Kier molecular flexibility index (Phi) is 4.67. The number of amides is 1. The molecule has 3 aromatic rings. The van der Waals surface area contributed by atoms with Crippen molar-refractivity contribution in [2.45, 2.75) is 25.7 Å². The lowest BCUT2D eigenvalue weighted by Crippen LogP contribution is -2.20. The first kappa shape index (κ1) is 19.6. The van der Waals surface area contributed by atoms with E-state index in [4.69, 9.17) is 11.6 Å². The van der Waals surface area contributed by atoms with E-state index in [-0.39, 0.29) is 11.5 Å². The van der Waals surface area contributed by atoms with Crippen LogP contribution in [0, 0.1) is 6.92 Å². The smallest absolute Gasteiger partial charge is 0.335 e. The second-order valence-electron chi connectivity index (χ2n) is 8.04. The van der Waals surface area contributed by atoms with Gasteiger partial charge in [0.1, 0.15) is 0 Å². The molecule has 0 atom stereocenters. The Morgan fingerprint density at radius 1 is 1.06 bits per heavy atom. The number of rotatable bonds is 4. The molecule has 5 rings (SSSR count). The largest absolute Gasteiger partial charge is 0.478 e. The third-order valence-corrected chi connectivity index (χ3v) is 6.29. The molecular formula is C26H20ClNO3. The number of benzene rings is 3. The number of hydrogen-bond donors (Lipinski definition) is 1. The van der Waals surface area contributed by atoms with Crippen LogP contribution in [0.1, 0.15) is 51.4 Å². The Hall–Kier alpha value is -3.37. The summed E-state index contributed by atoms with van der Waals surface area (Å²) in [5.41, 5.74) is 6.19. The fourth-order valence-electron chi connectivity index (χ4n) is 4.27. The summed E-state index contributed by atoms with van der Waals surface area (Å²) < 4.78 is 0. The van der Waals surface area contributed by atoms with E-state index in [0.29, 0.717) is 22.2 Å². The fourth-order valence-corrected chi connectivity index (χ4v) is 4.51. The third-order valence-electron chi connectivity index (χ3n) is 5.96. The maximum atomic E-state index is 13.6. The van der Waals surface area contributed by atoms with Crippen molar-refractivity contribution in [2.24, 2.45) is 0 Å². The van der Waals surface area contributed by atoms with Gasteiger partial charge in [0, 0.05) is 16.3 Å². The van der Waals surface area contributed by atoms with Gasteiger partial charge in [-0.3, -0.25) is 9.69 Å². The molecule has 0 aromatic heterocycles. The number of halogens is 1. The van der Waals surface area contributed by atoms with Crippen LogP contribution in [0.15, 0.2) is 60.7 Å². The maximum Gasteiger partial charge on any atom is 0.335 e. The molecule has 0 saturated heterocycles. The van der Waals surface area contributed by atoms with Crippen molar-refractivity contribution < 1.29 is 14.7 Å². The highest BCUT2D eigenvalue weighted by Gasteiger charge is 2.35. The van der Waals surface area contributed by atoms with Gasteiger partial charge in [-0.2, -0.15) is 0 Å². The zero-order valence-electron chi connectivity index (χ0n) is 16.9. The number of aromatic carboxylic acids is 1. The first-order chi connectivity index (χ1) is 15.0. The number of aryl methyl sites for hydroxylation is 1. The highest BCUT2D eigenvalue weighted by molar-refractivity contribution is 6.39. The molecule has 1 saturated carbocycles. The lowest BCUT2D eigenvalue weighted by atomic mass is 9.96. The van der Waals surface area contributed by atoms with Gasteiger partial charge in [-0.25, -0.2) is 4.79 Å². The van der Waals surface area contributed by atoms with E-state index < -0.39 is 5.97 Å². The fraction of sp³-hybridized carbons (Fsp3) is 0.154. The normalized spacial score (nSPS) is 16.6. The lowest BCUT2D eigenvalue weighted by Gasteiger charge is -2.17. The zero-order chi connectivity index (χ0) is 21.7. The minimum atomic E-state index is -0.998. The molecule has 3 aromatic carbocycles. The summed E-state index contributed by atoms with van der Waals surface area (Å²) >= 11 is 6.57. The topological polar surface area (TPSA) is 57.6 Å². The number of carboxylic acid groups (broad SMARTS) is 1. The molecule has 0 unspecified atom stereocenters. The molecule has 1 N–H and O–H groups in total. The van der Waals surface area contributed by atoms with Crippen LogP contribution >= 0.6 is 11.6 Å². The molecule has 0 bridgehead atoms. The lowest BCUT2D eigenvalue weighted by molar-refractivity contribution is -0.112. The summed E-state index contributed by atoms with van der Waals surface area (Å²) in [5, 5.41) is 9.84. The summed E-state index contributed by atoms with van der Waals surface area (Å²) in [5.74, 6) is -0.644. The van der Waals surface area contributed by atoms with Gasteiger partial charge in [0.15, 0.2) is 0 Å². The molecule has 31 heavy (non-hydrogen) atoms. The van der Waals surface area contributed by atoms with Crippen LogP contribution in [0.2, 0.25) is 5.02 Å². The third kappa shape index (κ3) is 3.33. The van der Waals surface area contributed by atoms with Crippen LogP contribution in [0.4, 0.5) is 11.4 Å². The van der Waals surface area contributed by atoms with Crippen molar-refractivity contribution in [2.75, 3.05) is 4.90 Å². The number of hydrogen-bond acceptors (Lipinski definition) is 2. The van der Waals surface area contributed by atoms with E-state index in [1.165, 1.54) is 17.7 Å². The molecular weight excluding hydrogens is 410 g/mol. The van der Waals surface area contributed by atoms with Crippen molar-refractivity contribution in [1.82, 2.24) is 0 Å². The Morgan fingerprint density at radius 2 is 1.77 bits per heavy atom. The molecule has 4 nitrogen and oxygen atoms in total. The van der Waals surface area contributed by atoms with Crippen LogP contribution < -0.4 is 4.90 Å². The van der Waals surface area contributed by atoms with Crippen molar-refractivity contribution in [3.05, 3.63) is 93.5 Å². The molecule has 0 spiro atoms. The molecule has 154 valence electrons. The first-order valence-corrected chi connectivity index (χ1v) is 10.6. The number of carbonyl (C=O) groups is 2. The molecule has 1 fully saturated rings. The van der Waals surface area contributed by atoms with Crippen LogP contribution in [0.25, 0.3) is 11.6 Å². The zero-order valence-corrected chi connectivity index (χ0v) is 17.7. The van der Waals surface area contributed by atoms with Crippen molar-refractivity contribution in [3.8, 4) is 0 Å². The van der Waals surface area contributed by atoms with Crippen molar-refractivity contribution in [1.29, 1.82) is 0 Å². The molecule has 1 amide bonds. The van der Waals surface area contributed by atoms with Gasteiger partial charge in [-0.15, -0.1) is 0 Å². The summed E-state index contributed by atoms with van der Waals surface area (Å²) in [6.07, 6.45) is 4.21. The average Bonchev–Trinajstić information content (AvgIpc) is 3.55. The van der Waals surface area contributed by atoms with Gasteiger partial charge in [-0.05, 0) is 84.8 Å². The minimum Gasteiger partial charge on any atom is -0.478 e. The highest BCUT2D eigenvalue weighted by atomic mass is 35.5. The number of carbonyl (C=O) groups excluding carboxylic acids is 1. The predicted octanol–water partition coefficient (Wildman–Crippen LogP) is 6.44. The summed E-state index contributed by atoms with van der Waals surface area (Å²) in [6.45, 7) is 1.99. The van der Waals surface area contributed by atoms with Gasteiger partial charge in [0.05, 0.1) is 16.8 Å². The number of nitrogens with zero attached hydrogens (tertiary/aromatic N) is 1. The molecule has 1 heterocycles.